The summed E-state index contributed by atoms with van der Waals surface area (Å²) >= 11 is 1.32. The van der Waals surface area contributed by atoms with Crippen molar-refractivity contribution in [3.8, 4) is 0 Å². The van der Waals surface area contributed by atoms with Gasteiger partial charge in [-0.15, -0.1) is 11.3 Å². The summed E-state index contributed by atoms with van der Waals surface area (Å²) in [7, 11) is -3.89. The van der Waals surface area contributed by atoms with Gasteiger partial charge < -0.3 is 5.11 Å². The minimum absolute atomic E-state index is 0.111. The van der Waals surface area contributed by atoms with Crippen molar-refractivity contribution in [1.82, 2.24) is 4.72 Å². The van der Waals surface area contributed by atoms with E-state index in [0.29, 0.717) is 12.0 Å². The van der Waals surface area contributed by atoms with E-state index < -0.39 is 21.5 Å². The fourth-order valence-electron chi connectivity index (χ4n) is 2.83. The molecule has 2 aromatic rings. The van der Waals surface area contributed by atoms with Crippen molar-refractivity contribution in [2.24, 2.45) is 0 Å². The molecule has 5 nitrogen and oxygen atoms in total. The normalized spacial score (nSPS) is 20.8. The maximum atomic E-state index is 12.6. The molecule has 1 aromatic heterocycles. The lowest BCUT2D eigenvalue weighted by molar-refractivity contribution is -0.144. The van der Waals surface area contributed by atoms with Gasteiger partial charge in [0.1, 0.15) is 0 Å². The molecule has 0 amide bonds. The number of benzene rings is 1. The van der Waals surface area contributed by atoms with Crippen LogP contribution in [0.2, 0.25) is 0 Å². The van der Waals surface area contributed by atoms with Crippen LogP contribution in [0, 0.1) is 6.92 Å². The number of carboxylic acids is 1. The number of rotatable bonds is 4. The Balaban J connectivity index is 2.07. The molecule has 0 aliphatic heterocycles. The van der Waals surface area contributed by atoms with Crippen LogP contribution in [0.1, 0.15) is 22.4 Å². The third-order valence-corrected chi connectivity index (χ3v) is 6.42. The molecular formula is C15H15NO4S2. The third kappa shape index (κ3) is 2.35. The quantitative estimate of drug-likeness (QED) is 0.896. The summed E-state index contributed by atoms with van der Waals surface area (Å²) in [5.41, 5.74) is -0.197. The molecule has 7 heteroatoms. The molecule has 1 aromatic carbocycles. The number of thiophene rings is 1. The zero-order chi connectivity index (χ0) is 16.0. The predicted octanol–water partition coefficient (Wildman–Crippen LogP) is 2.26. The molecule has 1 aliphatic carbocycles. The lowest BCUT2D eigenvalue weighted by Gasteiger charge is -2.26. The lowest BCUT2D eigenvalue weighted by atomic mass is 9.93. The molecule has 0 saturated carbocycles. The fourth-order valence-corrected chi connectivity index (χ4v) is 5.33. The number of carboxylic acid groups (broad SMARTS) is 1. The molecule has 116 valence electrons. The minimum atomic E-state index is -3.89. The minimum Gasteiger partial charge on any atom is -0.480 e. The molecule has 0 saturated heterocycles. The summed E-state index contributed by atoms with van der Waals surface area (Å²) in [5.74, 6) is -1.17. The predicted molar refractivity (Wildman–Crippen MR) is 83.5 cm³/mol. The first-order valence-corrected chi connectivity index (χ1v) is 9.12. The Kier molecular flexibility index (Phi) is 3.58. The van der Waals surface area contributed by atoms with Crippen LogP contribution in [-0.4, -0.2) is 19.5 Å². The van der Waals surface area contributed by atoms with Crippen molar-refractivity contribution in [2.45, 2.75) is 30.2 Å². The number of aryl methyl sites for hydroxylation is 2. The molecule has 2 N–H and O–H groups in total. The number of hydrogen-bond acceptors (Lipinski definition) is 4. The first kappa shape index (κ1) is 15.2. The van der Waals surface area contributed by atoms with Gasteiger partial charge in [-0.1, -0.05) is 24.3 Å². The molecule has 22 heavy (non-hydrogen) atoms. The summed E-state index contributed by atoms with van der Waals surface area (Å²) in [4.78, 5) is 12.8. The molecule has 3 rings (SSSR count). The Hall–Kier alpha value is -1.70. The highest BCUT2D eigenvalue weighted by molar-refractivity contribution is 7.89. The lowest BCUT2D eigenvalue weighted by Crippen LogP contribution is -2.50. The second-order valence-corrected chi connectivity index (χ2v) is 8.16. The Morgan fingerprint density at radius 1 is 1.36 bits per heavy atom. The van der Waals surface area contributed by atoms with Crippen LogP contribution in [-0.2, 0) is 26.8 Å². The fraction of sp³-hybridized carbons (Fsp3) is 0.267. The average molecular weight is 337 g/mol. The molecule has 0 bridgehead atoms. The maximum absolute atomic E-state index is 12.6. The van der Waals surface area contributed by atoms with E-state index in [4.69, 9.17) is 0 Å². The van der Waals surface area contributed by atoms with Crippen molar-refractivity contribution in [1.29, 1.82) is 0 Å². The van der Waals surface area contributed by atoms with Gasteiger partial charge in [-0.3, -0.25) is 0 Å². The summed E-state index contributed by atoms with van der Waals surface area (Å²) in [6, 6.07) is 8.61. The Morgan fingerprint density at radius 3 is 2.73 bits per heavy atom. The smallest absolute Gasteiger partial charge is 0.329 e. The van der Waals surface area contributed by atoms with E-state index in [2.05, 4.69) is 4.72 Å². The van der Waals surface area contributed by atoms with Crippen molar-refractivity contribution < 1.29 is 18.3 Å². The number of nitrogens with one attached hydrogen (secondary N) is 1. The Morgan fingerprint density at radius 2 is 2.09 bits per heavy atom. The molecule has 0 fully saturated rings. The summed E-state index contributed by atoms with van der Waals surface area (Å²) in [6.45, 7) is 1.81. The van der Waals surface area contributed by atoms with Gasteiger partial charge in [-0.25, -0.2) is 13.2 Å². The maximum Gasteiger partial charge on any atom is 0.329 e. The van der Waals surface area contributed by atoms with Gasteiger partial charge >= 0.3 is 5.97 Å². The second kappa shape index (κ2) is 5.19. The standard InChI is InChI=1S/C15H15NO4S2/c1-10-8-12(9-21-10)22(19,20)16-15(14(17)18)7-6-11-4-2-3-5-13(11)15/h2-5,8-9,16H,6-7H2,1H3,(H,17,18). The van der Waals surface area contributed by atoms with E-state index in [1.165, 1.54) is 16.7 Å². The molecular weight excluding hydrogens is 322 g/mol. The van der Waals surface area contributed by atoms with Gasteiger partial charge in [0.25, 0.3) is 0 Å². The van der Waals surface area contributed by atoms with E-state index in [9.17, 15) is 18.3 Å². The van der Waals surface area contributed by atoms with E-state index in [1.54, 1.807) is 18.2 Å². The van der Waals surface area contributed by atoms with Gasteiger partial charge in [0, 0.05) is 10.3 Å². The highest BCUT2D eigenvalue weighted by Crippen LogP contribution is 2.38. The summed E-state index contributed by atoms with van der Waals surface area (Å²) in [5, 5.41) is 11.2. The van der Waals surface area contributed by atoms with E-state index in [0.717, 1.165) is 10.4 Å². The molecule has 1 unspecified atom stereocenters. The molecule has 1 heterocycles. The number of carbonyl (C=O) groups is 1. The first-order chi connectivity index (χ1) is 10.3. The Labute approximate surface area is 132 Å². The van der Waals surface area contributed by atoms with Gasteiger partial charge in [0.05, 0.1) is 4.90 Å². The molecule has 1 atom stereocenters. The molecule has 0 spiro atoms. The number of fused-ring (bicyclic) bond motifs is 1. The van der Waals surface area contributed by atoms with Crippen molar-refractivity contribution in [3.05, 3.63) is 51.7 Å². The highest BCUT2D eigenvalue weighted by atomic mass is 32.2. The van der Waals surface area contributed by atoms with Gasteiger partial charge in [-0.05, 0) is 37.0 Å². The van der Waals surface area contributed by atoms with Crippen LogP contribution in [0.25, 0.3) is 0 Å². The number of aliphatic carboxylic acids is 1. The largest absolute Gasteiger partial charge is 0.480 e. The van der Waals surface area contributed by atoms with Crippen molar-refractivity contribution in [3.63, 3.8) is 0 Å². The second-order valence-electron chi connectivity index (χ2n) is 5.37. The molecule has 0 radical (unpaired) electrons. The summed E-state index contributed by atoms with van der Waals surface area (Å²) in [6.07, 6.45) is 0.748. The van der Waals surface area contributed by atoms with Crippen LogP contribution in [0.15, 0.2) is 40.6 Å². The highest BCUT2D eigenvalue weighted by Gasteiger charge is 2.48. The number of sulfonamides is 1. The van der Waals surface area contributed by atoms with E-state index >= 15 is 0 Å². The van der Waals surface area contributed by atoms with Gasteiger partial charge in [-0.2, -0.15) is 4.72 Å². The zero-order valence-corrected chi connectivity index (χ0v) is 13.5. The van der Waals surface area contributed by atoms with Crippen molar-refractivity contribution in [2.75, 3.05) is 0 Å². The third-order valence-electron chi connectivity index (χ3n) is 3.94. The monoisotopic (exact) mass is 337 g/mol. The zero-order valence-electron chi connectivity index (χ0n) is 11.9. The van der Waals surface area contributed by atoms with Crippen LogP contribution in [0.3, 0.4) is 0 Å². The molecule has 1 aliphatic rings. The van der Waals surface area contributed by atoms with E-state index in [1.807, 2.05) is 19.1 Å². The topological polar surface area (TPSA) is 83.5 Å². The Bertz CT molecular complexity index is 841. The number of hydrogen-bond donors (Lipinski definition) is 2. The first-order valence-electron chi connectivity index (χ1n) is 6.76. The summed E-state index contributed by atoms with van der Waals surface area (Å²) < 4.78 is 27.5. The van der Waals surface area contributed by atoms with Gasteiger partial charge in [0.2, 0.25) is 10.0 Å². The van der Waals surface area contributed by atoms with Gasteiger partial charge in [0.15, 0.2) is 5.54 Å². The van der Waals surface area contributed by atoms with Crippen LogP contribution in [0.5, 0.6) is 0 Å². The van der Waals surface area contributed by atoms with Crippen LogP contribution < -0.4 is 4.72 Å². The SMILES string of the molecule is Cc1cc(S(=O)(=O)NC2(C(=O)O)CCc3ccccc32)cs1. The van der Waals surface area contributed by atoms with Crippen LogP contribution >= 0.6 is 11.3 Å². The van der Waals surface area contributed by atoms with Crippen molar-refractivity contribution >= 4 is 27.3 Å². The van der Waals surface area contributed by atoms with Crippen LogP contribution in [0.4, 0.5) is 0 Å². The average Bonchev–Trinajstić information content (AvgIpc) is 3.05. The van der Waals surface area contributed by atoms with E-state index in [-0.39, 0.29) is 11.3 Å².